The molecule has 6 heteroatoms. The molecule has 128 valence electrons. The van der Waals surface area contributed by atoms with Gasteiger partial charge >= 0.3 is 5.97 Å². The number of rotatable bonds is 5. The van der Waals surface area contributed by atoms with Crippen molar-refractivity contribution in [3.8, 4) is 0 Å². The van der Waals surface area contributed by atoms with Crippen LogP contribution < -0.4 is 5.32 Å². The number of amides is 2. The number of nitrogens with one attached hydrogen (secondary N) is 1. The van der Waals surface area contributed by atoms with Crippen molar-refractivity contribution in [2.75, 3.05) is 18.4 Å². The smallest absolute Gasteiger partial charge is 0.303 e. The van der Waals surface area contributed by atoms with Crippen LogP contribution in [0.15, 0.2) is 24.3 Å². The molecule has 1 aromatic rings. The lowest BCUT2D eigenvalue weighted by Crippen LogP contribution is -2.38. The molecule has 24 heavy (non-hydrogen) atoms. The number of hydrogen-bond donors (Lipinski definition) is 2. The van der Waals surface area contributed by atoms with Gasteiger partial charge in [-0.2, -0.15) is 0 Å². The third-order valence-corrected chi connectivity index (χ3v) is 4.69. The maximum Gasteiger partial charge on any atom is 0.303 e. The van der Waals surface area contributed by atoms with Crippen LogP contribution in [0.4, 0.5) is 5.69 Å². The van der Waals surface area contributed by atoms with E-state index >= 15 is 0 Å². The topological polar surface area (TPSA) is 86.7 Å². The Balaban J connectivity index is 1.58. The van der Waals surface area contributed by atoms with Gasteiger partial charge < -0.3 is 15.3 Å². The summed E-state index contributed by atoms with van der Waals surface area (Å²) < 4.78 is 0. The highest BCUT2D eigenvalue weighted by molar-refractivity contribution is 5.98. The summed E-state index contributed by atoms with van der Waals surface area (Å²) in [6.07, 6.45) is 3.49. The molecule has 0 bridgehead atoms. The minimum absolute atomic E-state index is 0.0223. The maximum absolute atomic E-state index is 12.6. The number of likely N-dealkylation sites (tertiary alicyclic amines) is 1. The van der Waals surface area contributed by atoms with Crippen LogP contribution in [-0.4, -0.2) is 40.9 Å². The van der Waals surface area contributed by atoms with Crippen molar-refractivity contribution in [1.29, 1.82) is 0 Å². The molecular weight excluding hydrogens is 308 g/mol. The van der Waals surface area contributed by atoms with E-state index in [4.69, 9.17) is 5.11 Å². The van der Waals surface area contributed by atoms with Crippen LogP contribution >= 0.6 is 0 Å². The Labute approximate surface area is 140 Å². The monoisotopic (exact) mass is 330 g/mol. The summed E-state index contributed by atoms with van der Waals surface area (Å²) in [6, 6.07) is 7.02. The van der Waals surface area contributed by atoms with Crippen LogP contribution in [0.1, 0.15) is 42.5 Å². The number of carboxylic acid groups (broad SMARTS) is 1. The summed E-state index contributed by atoms with van der Waals surface area (Å²) in [6.45, 7) is 1.16. The molecule has 2 aliphatic rings. The predicted molar refractivity (Wildman–Crippen MR) is 88.7 cm³/mol. The highest BCUT2D eigenvalue weighted by Crippen LogP contribution is 2.30. The lowest BCUT2D eigenvalue weighted by molar-refractivity contribution is -0.138. The zero-order valence-corrected chi connectivity index (χ0v) is 13.5. The summed E-state index contributed by atoms with van der Waals surface area (Å²) in [5.74, 6) is -0.549. The number of carbonyl (C=O) groups is 3. The standard InChI is InChI=1S/C18H22N2O4/c21-16(22)10-12-6-8-20(9-7-12)18(24)14-2-1-3-15(11-14)19-17(23)13-4-5-13/h1-3,11-13H,4-10H2,(H,19,23)(H,21,22). The van der Waals surface area contributed by atoms with Gasteiger partial charge in [0.2, 0.25) is 5.91 Å². The van der Waals surface area contributed by atoms with Gasteiger partial charge in [-0.05, 0) is 49.8 Å². The Kier molecular flexibility index (Phi) is 4.83. The Hall–Kier alpha value is -2.37. The fourth-order valence-corrected chi connectivity index (χ4v) is 3.09. The van der Waals surface area contributed by atoms with E-state index < -0.39 is 5.97 Å². The molecule has 0 aromatic heterocycles. The van der Waals surface area contributed by atoms with Gasteiger partial charge in [0.1, 0.15) is 0 Å². The van der Waals surface area contributed by atoms with Crippen molar-refractivity contribution in [3.05, 3.63) is 29.8 Å². The summed E-state index contributed by atoms with van der Waals surface area (Å²) in [5, 5.41) is 11.7. The molecule has 2 fully saturated rings. The van der Waals surface area contributed by atoms with E-state index in [0.29, 0.717) is 24.3 Å². The number of benzene rings is 1. The normalized spacial score (nSPS) is 18.2. The van der Waals surface area contributed by atoms with Crippen molar-refractivity contribution < 1.29 is 19.5 Å². The van der Waals surface area contributed by atoms with Crippen molar-refractivity contribution in [2.24, 2.45) is 11.8 Å². The van der Waals surface area contributed by atoms with Crippen LogP contribution in [0.5, 0.6) is 0 Å². The summed E-state index contributed by atoms with van der Waals surface area (Å²) in [7, 11) is 0. The molecule has 1 aliphatic carbocycles. The first kappa shape index (κ1) is 16.5. The second kappa shape index (κ2) is 7.03. The first-order valence-corrected chi connectivity index (χ1v) is 8.45. The van der Waals surface area contributed by atoms with E-state index in [1.807, 2.05) is 0 Å². The minimum atomic E-state index is -0.779. The minimum Gasteiger partial charge on any atom is -0.481 e. The van der Waals surface area contributed by atoms with E-state index in [1.54, 1.807) is 29.2 Å². The first-order valence-electron chi connectivity index (χ1n) is 8.45. The second-order valence-electron chi connectivity index (χ2n) is 6.68. The molecule has 0 atom stereocenters. The molecule has 0 spiro atoms. The highest BCUT2D eigenvalue weighted by Gasteiger charge is 2.30. The molecule has 0 unspecified atom stereocenters. The van der Waals surface area contributed by atoms with Gasteiger partial charge in [-0.15, -0.1) is 0 Å². The number of nitrogens with zero attached hydrogens (tertiary/aromatic N) is 1. The zero-order valence-electron chi connectivity index (χ0n) is 13.5. The average molecular weight is 330 g/mol. The van der Waals surface area contributed by atoms with Gasteiger partial charge in [-0.1, -0.05) is 6.07 Å². The predicted octanol–water partition coefficient (Wildman–Crippen LogP) is 2.36. The van der Waals surface area contributed by atoms with Crippen molar-refractivity contribution in [1.82, 2.24) is 4.90 Å². The Bertz CT molecular complexity index is 646. The van der Waals surface area contributed by atoms with Gasteiger partial charge in [0.25, 0.3) is 5.91 Å². The largest absolute Gasteiger partial charge is 0.481 e. The van der Waals surface area contributed by atoms with E-state index in [1.165, 1.54) is 0 Å². The second-order valence-corrected chi connectivity index (χ2v) is 6.68. The van der Waals surface area contributed by atoms with Gasteiger partial charge in [-0.25, -0.2) is 0 Å². The van der Waals surface area contributed by atoms with E-state index in [0.717, 1.165) is 25.7 Å². The molecule has 1 saturated carbocycles. The molecule has 2 amide bonds. The quantitative estimate of drug-likeness (QED) is 0.868. The van der Waals surface area contributed by atoms with Gasteiger partial charge in [0.05, 0.1) is 0 Å². The van der Waals surface area contributed by atoms with Gasteiger partial charge in [0, 0.05) is 36.7 Å². The maximum atomic E-state index is 12.6. The number of aliphatic carboxylic acids is 1. The molecule has 0 radical (unpaired) electrons. The molecule has 1 heterocycles. The van der Waals surface area contributed by atoms with E-state index in [-0.39, 0.29) is 30.1 Å². The third kappa shape index (κ3) is 4.13. The number of hydrogen-bond acceptors (Lipinski definition) is 3. The van der Waals surface area contributed by atoms with Crippen LogP contribution in [0.25, 0.3) is 0 Å². The third-order valence-electron chi connectivity index (χ3n) is 4.69. The van der Waals surface area contributed by atoms with Crippen molar-refractivity contribution in [2.45, 2.75) is 32.1 Å². The van der Waals surface area contributed by atoms with Gasteiger partial charge in [0.15, 0.2) is 0 Å². The first-order chi connectivity index (χ1) is 11.5. The average Bonchev–Trinajstić information content (AvgIpc) is 3.39. The number of carboxylic acids is 1. The van der Waals surface area contributed by atoms with E-state index in [2.05, 4.69) is 5.32 Å². The Morgan fingerprint density at radius 2 is 1.83 bits per heavy atom. The van der Waals surface area contributed by atoms with Crippen LogP contribution in [-0.2, 0) is 9.59 Å². The van der Waals surface area contributed by atoms with Crippen molar-refractivity contribution >= 4 is 23.5 Å². The van der Waals surface area contributed by atoms with Gasteiger partial charge in [-0.3, -0.25) is 14.4 Å². The zero-order chi connectivity index (χ0) is 17.1. The van der Waals surface area contributed by atoms with E-state index in [9.17, 15) is 14.4 Å². The number of carbonyl (C=O) groups excluding carboxylic acids is 2. The summed E-state index contributed by atoms with van der Waals surface area (Å²) in [4.78, 5) is 37.0. The molecule has 3 rings (SSSR count). The number of piperidine rings is 1. The van der Waals surface area contributed by atoms with Crippen LogP contribution in [0, 0.1) is 11.8 Å². The lowest BCUT2D eigenvalue weighted by Gasteiger charge is -2.31. The fourth-order valence-electron chi connectivity index (χ4n) is 3.09. The molecule has 2 N–H and O–H groups in total. The summed E-state index contributed by atoms with van der Waals surface area (Å²) >= 11 is 0. The molecular formula is C18H22N2O4. The highest BCUT2D eigenvalue weighted by atomic mass is 16.4. The van der Waals surface area contributed by atoms with Crippen LogP contribution in [0.2, 0.25) is 0 Å². The SMILES string of the molecule is O=C(O)CC1CCN(C(=O)c2cccc(NC(=O)C3CC3)c2)CC1. The molecule has 1 aromatic carbocycles. The lowest BCUT2D eigenvalue weighted by atomic mass is 9.93. The van der Waals surface area contributed by atoms with Crippen LogP contribution in [0.3, 0.4) is 0 Å². The Morgan fingerprint density at radius 1 is 1.12 bits per heavy atom. The summed E-state index contributed by atoms with van der Waals surface area (Å²) in [5.41, 5.74) is 1.21. The Morgan fingerprint density at radius 3 is 2.46 bits per heavy atom. The molecule has 1 aliphatic heterocycles. The molecule has 6 nitrogen and oxygen atoms in total. The number of anilines is 1. The molecule has 1 saturated heterocycles. The fraction of sp³-hybridized carbons (Fsp3) is 0.500. The van der Waals surface area contributed by atoms with Crippen molar-refractivity contribution in [3.63, 3.8) is 0 Å².